The Bertz CT molecular complexity index is 1240. The first-order valence-corrected chi connectivity index (χ1v) is 8.93. The molecule has 0 atom stereocenters. The van der Waals surface area contributed by atoms with E-state index < -0.39 is 5.91 Å². The molecule has 0 spiro atoms. The molecule has 6 heteroatoms. The summed E-state index contributed by atoms with van der Waals surface area (Å²) in [6.07, 6.45) is 0.824. The van der Waals surface area contributed by atoms with Gasteiger partial charge in [-0.15, -0.1) is 11.3 Å². The van der Waals surface area contributed by atoms with Crippen molar-refractivity contribution in [3.63, 3.8) is 0 Å². The first kappa shape index (κ1) is 15.0. The van der Waals surface area contributed by atoms with Gasteiger partial charge in [-0.05, 0) is 17.7 Å². The molecule has 1 N–H and O–H groups in total. The third-order valence-corrected chi connectivity index (χ3v) is 5.37. The predicted octanol–water partition coefficient (Wildman–Crippen LogP) is 4.07. The van der Waals surface area contributed by atoms with E-state index in [0.29, 0.717) is 16.1 Å². The Hall–Kier alpha value is -3.25. The molecule has 1 amide bonds. The number of aromatic nitrogens is 1. The fourth-order valence-corrected chi connectivity index (χ4v) is 4.18. The van der Waals surface area contributed by atoms with Crippen molar-refractivity contribution in [3.05, 3.63) is 81.0 Å². The first-order chi connectivity index (χ1) is 12.7. The van der Waals surface area contributed by atoms with E-state index in [1.54, 1.807) is 24.3 Å². The van der Waals surface area contributed by atoms with Crippen LogP contribution in [0, 0.1) is 0 Å². The topological polar surface area (TPSA) is 72.2 Å². The van der Waals surface area contributed by atoms with Crippen LogP contribution in [0.4, 0.5) is 5.13 Å². The number of benzene rings is 2. The van der Waals surface area contributed by atoms with Crippen LogP contribution in [0.5, 0.6) is 0 Å². The first-order valence-electron chi connectivity index (χ1n) is 8.11. The lowest BCUT2D eigenvalue weighted by Crippen LogP contribution is -2.14. The zero-order valence-corrected chi connectivity index (χ0v) is 14.3. The van der Waals surface area contributed by atoms with Gasteiger partial charge in [0.2, 0.25) is 0 Å². The van der Waals surface area contributed by atoms with E-state index in [0.717, 1.165) is 22.6 Å². The van der Waals surface area contributed by atoms with E-state index in [4.69, 9.17) is 4.42 Å². The van der Waals surface area contributed by atoms with E-state index in [9.17, 15) is 9.59 Å². The number of carbonyl (C=O) groups is 1. The Labute approximate surface area is 151 Å². The number of nitrogens with one attached hydrogen (secondary N) is 1. The molecular weight excluding hydrogens is 348 g/mol. The molecule has 0 unspecified atom stereocenters. The lowest BCUT2D eigenvalue weighted by atomic mass is 10.1. The van der Waals surface area contributed by atoms with Gasteiger partial charge in [-0.3, -0.25) is 14.9 Å². The summed E-state index contributed by atoms with van der Waals surface area (Å²) in [5.74, 6) is -0.502. The third-order valence-electron chi connectivity index (χ3n) is 4.40. The summed E-state index contributed by atoms with van der Waals surface area (Å²) in [6, 6.07) is 16.2. The van der Waals surface area contributed by atoms with E-state index >= 15 is 0 Å². The number of carbonyl (C=O) groups excluding carboxylic acids is 1. The number of anilines is 1. The molecule has 0 saturated carbocycles. The van der Waals surface area contributed by atoms with Crippen molar-refractivity contribution in [3.8, 4) is 11.3 Å². The van der Waals surface area contributed by atoms with Crippen molar-refractivity contribution in [2.24, 2.45) is 0 Å². The zero-order chi connectivity index (χ0) is 17.7. The minimum absolute atomic E-state index is 0.0236. The van der Waals surface area contributed by atoms with Crippen LogP contribution in [0.25, 0.3) is 22.2 Å². The molecule has 0 fully saturated rings. The molecule has 2 heterocycles. The molecule has 126 valence electrons. The second kappa shape index (κ2) is 5.64. The molecule has 2 aromatic carbocycles. The summed E-state index contributed by atoms with van der Waals surface area (Å²) in [4.78, 5) is 30.3. The van der Waals surface area contributed by atoms with Gasteiger partial charge >= 0.3 is 0 Å². The van der Waals surface area contributed by atoms with Crippen LogP contribution in [-0.2, 0) is 6.42 Å². The van der Waals surface area contributed by atoms with Crippen molar-refractivity contribution >= 4 is 33.3 Å². The van der Waals surface area contributed by atoms with Crippen molar-refractivity contribution in [1.29, 1.82) is 0 Å². The van der Waals surface area contributed by atoms with Gasteiger partial charge in [-0.1, -0.05) is 36.4 Å². The molecule has 2 aromatic heterocycles. The normalized spacial score (nSPS) is 12.0. The number of thiazole rings is 1. The number of fused-ring (bicyclic) bond motifs is 4. The minimum atomic E-state index is -0.478. The van der Waals surface area contributed by atoms with Crippen LogP contribution < -0.4 is 10.7 Å². The number of rotatable bonds is 2. The lowest BCUT2D eigenvalue weighted by molar-refractivity contribution is 0.0997. The summed E-state index contributed by atoms with van der Waals surface area (Å²) >= 11 is 1.45. The molecule has 5 nitrogen and oxygen atoms in total. The molecule has 1 aliphatic carbocycles. The minimum Gasteiger partial charge on any atom is -0.451 e. The van der Waals surface area contributed by atoms with Crippen molar-refractivity contribution in [1.82, 2.24) is 4.98 Å². The molecule has 0 radical (unpaired) electrons. The number of nitrogens with zero attached hydrogens (tertiary/aromatic N) is 1. The average molecular weight is 360 g/mol. The second-order valence-electron chi connectivity index (χ2n) is 6.05. The standard InChI is InChI=1S/C20H12N2O3S/c23-14-10-16(25-15-8-4-3-7-13(14)15)19(24)22-20-21-18-12-6-2-1-5-11(12)9-17(18)26-20/h1-8,10H,9H2,(H,21,22,24). The number of hydrogen-bond acceptors (Lipinski definition) is 5. The Morgan fingerprint density at radius 3 is 2.85 bits per heavy atom. The molecular formula is C20H12N2O3S. The van der Waals surface area contributed by atoms with E-state index in [1.165, 1.54) is 23.0 Å². The highest BCUT2D eigenvalue weighted by Gasteiger charge is 2.24. The van der Waals surface area contributed by atoms with Crippen LogP contribution in [0.2, 0.25) is 0 Å². The SMILES string of the molecule is O=C(Nc1nc2c(s1)Cc1ccccc1-2)c1cc(=O)c2ccccc2o1. The molecule has 0 aliphatic heterocycles. The van der Waals surface area contributed by atoms with Crippen LogP contribution in [0.15, 0.2) is 63.8 Å². The molecule has 5 rings (SSSR count). The van der Waals surface area contributed by atoms with Gasteiger partial charge < -0.3 is 4.42 Å². The summed E-state index contributed by atoms with van der Waals surface area (Å²) in [5, 5.41) is 3.70. The fourth-order valence-electron chi connectivity index (χ4n) is 3.19. The largest absolute Gasteiger partial charge is 0.451 e. The van der Waals surface area contributed by atoms with Gasteiger partial charge in [0.05, 0.1) is 11.1 Å². The smallest absolute Gasteiger partial charge is 0.293 e. The number of amides is 1. The molecule has 26 heavy (non-hydrogen) atoms. The van der Waals surface area contributed by atoms with Crippen LogP contribution in [-0.4, -0.2) is 10.9 Å². The molecule has 1 aliphatic rings. The van der Waals surface area contributed by atoms with Crippen molar-refractivity contribution in [2.45, 2.75) is 6.42 Å². The Balaban J connectivity index is 1.47. The van der Waals surface area contributed by atoms with Gasteiger partial charge in [0.25, 0.3) is 5.91 Å². The summed E-state index contributed by atoms with van der Waals surface area (Å²) in [7, 11) is 0. The molecule has 0 bridgehead atoms. The highest BCUT2D eigenvalue weighted by molar-refractivity contribution is 7.16. The summed E-state index contributed by atoms with van der Waals surface area (Å²) in [5.41, 5.74) is 3.42. The predicted molar refractivity (Wildman–Crippen MR) is 101 cm³/mol. The highest BCUT2D eigenvalue weighted by atomic mass is 32.1. The lowest BCUT2D eigenvalue weighted by Gasteiger charge is -2.03. The molecule has 4 aromatic rings. The van der Waals surface area contributed by atoms with E-state index in [2.05, 4.69) is 16.4 Å². The van der Waals surface area contributed by atoms with Crippen LogP contribution >= 0.6 is 11.3 Å². The Kier molecular flexibility index (Phi) is 3.26. The van der Waals surface area contributed by atoms with Gasteiger partial charge in [0.15, 0.2) is 16.3 Å². The van der Waals surface area contributed by atoms with Crippen molar-refractivity contribution < 1.29 is 9.21 Å². The van der Waals surface area contributed by atoms with Gasteiger partial charge in [0.1, 0.15) is 5.58 Å². The maximum absolute atomic E-state index is 12.5. The third kappa shape index (κ3) is 2.34. The Morgan fingerprint density at radius 2 is 1.92 bits per heavy atom. The Morgan fingerprint density at radius 1 is 1.12 bits per heavy atom. The number of hydrogen-bond donors (Lipinski definition) is 1. The van der Waals surface area contributed by atoms with E-state index in [1.807, 2.05) is 18.2 Å². The summed E-state index contributed by atoms with van der Waals surface area (Å²) in [6.45, 7) is 0. The monoisotopic (exact) mass is 360 g/mol. The zero-order valence-electron chi connectivity index (χ0n) is 13.5. The fraction of sp³-hybridized carbons (Fsp3) is 0.0500. The number of para-hydroxylation sites is 1. The summed E-state index contributed by atoms with van der Waals surface area (Å²) < 4.78 is 5.58. The maximum Gasteiger partial charge on any atom is 0.293 e. The quantitative estimate of drug-likeness (QED) is 0.515. The highest BCUT2D eigenvalue weighted by Crippen LogP contribution is 2.40. The van der Waals surface area contributed by atoms with Crippen LogP contribution in [0.3, 0.4) is 0 Å². The van der Waals surface area contributed by atoms with Crippen molar-refractivity contribution in [2.75, 3.05) is 5.32 Å². The van der Waals surface area contributed by atoms with Crippen LogP contribution in [0.1, 0.15) is 21.0 Å². The second-order valence-corrected chi connectivity index (χ2v) is 7.13. The van der Waals surface area contributed by atoms with Gasteiger partial charge in [-0.2, -0.15) is 0 Å². The van der Waals surface area contributed by atoms with E-state index in [-0.39, 0.29) is 11.2 Å². The maximum atomic E-state index is 12.5. The molecule has 0 saturated heterocycles. The van der Waals surface area contributed by atoms with Gasteiger partial charge in [-0.25, -0.2) is 4.98 Å². The van der Waals surface area contributed by atoms with Gasteiger partial charge in [0, 0.05) is 22.9 Å². The average Bonchev–Trinajstić information content (AvgIpc) is 3.19.